The van der Waals surface area contributed by atoms with Crippen molar-refractivity contribution in [1.29, 1.82) is 0 Å². The summed E-state index contributed by atoms with van der Waals surface area (Å²) in [5.41, 5.74) is 1.55. The van der Waals surface area contributed by atoms with Gasteiger partial charge in [-0.15, -0.1) is 11.8 Å². The van der Waals surface area contributed by atoms with Crippen LogP contribution in [0.4, 0.5) is 10.5 Å². The lowest BCUT2D eigenvalue weighted by molar-refractivity contribution is 0.171. The van der Waals surface area contributed by atoms with Crippen LogP contribution in [-0.4, -0.2) is 25.5 Å². The molecule has 5 nitrogen and oxygen atoms in total. The quantitative estimate of drug-likeness (QED) is 0.800. The fourth-order valence-electron chi connectivity index (χ4n) is 2.32. The van der Waals surface area contributed by atoms with Crippen LogP contribution in [0, 0.1) is 0 Å². The second-order valence-corrected chi connectivity index (χ2v) is 6.35. The number of anilines is 1. The normalized spacial score (nSPS) is 12.6. The molecule has 0 atom stereocenters. The average molecular weight is 365 g/mol. The minimum Gasteiger partial charge on any atom is -0.486 e. The van der Waals surface area contributed by atoms with E-state index >= 15 is 0 Å². The van der Waals surface area contributed by atoms with Crippen LogP contribution in [0.15, 0.2) is 41.3 Å². The van der Waals surface area contributed by atoms with Crippen molar-refractivity contribution in [3.05, 3.63) is 47.0 Å². The van der Waals surface area contributed by atoms with E-state index < -0.39 is 0 Å². The van der Waals surface area contributed by atoms with Gasteiger partial charge in [-0.3, -0.25) is 0 Å². The number of rotatable bonds is 4. The molecule has 0 aliphatic carbocycles. The number of hydrogen-bond donors (Lipinski definition) is 2. The van der Waals surface area contributed by atoms with E-state index in [2.05, 4.69) is 10.6 Å². The van der Waals surface area contributed by atoms with E-state index in [4.69, 9.17) is 21.1 Å². The first-order valence-electron chi connectivity index (χ1n) is 7.43. The Kier molecular flexibility index (Phi) is 5.37. The van der Waals surface area contributed by atoms with Gasteiger partial charge in [0.2, 0.25) is 0 Å². The Bertz CT molecular complexity index is 755. The van der Waals surface area contributed by atoms with E-state index in [-0.39, 0.29) is 6.03 Å². The van der Waals surface area contributed by atoms with Crippen molar-refractivity contribution in [2.24, 2.45) is 0 Å². The molecule has 0 radical (unpaired) electrons. The molecule has 1 aliphatic rings. The molecule has 0 saturated heterocycles. The van der Waals surface area contributed by atoms with Gasteiger partial charge in [-0.25, -0.2) is 4.79 Å². The SMILES string of the molecule is CSc1cc2c(cc1NC(=O)NCc1ccccc1Cl)OCCO2. The maximum atomic E-state index is 12.2. The highest BCUT2D eigenvalue weighted by Gasteiger charge is 2.17. The Morgan fingerprint density at radius 2 is 1.92 bits per heavy atom. The molecule has 0 fully saturated rings. The van der Waals surface area contributed by atoms with Gasteiger partial charge in [-0.05, 0) is 24.0 Å². The molecule has 3 rings (SSSR count). The first-order chi connectivity index (χ1) is 11.7. The third-order valence-electron chi connectivity index (χ3n) is 3.51. The van der Waals surface area contributed by atoms with Crippen LogP contribution in [0.25, 0.3) is 0 Å². The van der Waals surface area contributed by atoms with Crippen LogP contribution in [0.2, 0.25) is 5.02 Å². The molecule has 2 aromatic carbocycles. The smallest absolute Gasteiger partial charge is 0.319 e. The first kappa shape index (κ1) is 16.8. The first-order valence-corrected chi connectivity index (χ1v) is 9.03. The number of urea groups is 1. The minimum atomic E-state index is -0.304. The van der Waals surface area contributed by atoms with E-state index in [1.165, 1.54) is 11.8 Å². The zero-order chi connectivity index (χ0) is 16.9. The number of nitrogens with one attached hydrogen (secondary N) is 2. The summed E-state index contributed by atoms with van der Waals surface area (Å²) in [4.78, 5) is 13.1. The number of amides is 2. The summed E-state index contributed by atoms with van der Waals surface area (Å²) >= 11 is 7.62. The highest BCUT2D eigenvalue weighted by Crippen LogP contribution is 2.39. The molecule has 0 unspecified atom stereocenters. The lowest BCUT2D eigenvalue weighted by Gasteiger charge is -2.21. The summed E-state index contributed by atoms with van der Waals surface area (Å²) in [5.74, 6) is 1.34. The van der Waals surface area contributed by atoms with E-state index in [0.29, 0.717) is 42.0 Å². The molecule has 1 heterocycles. The maximum Gasteiger partial charge on any atom is 0.319 e. The van der Waals surface area contributed by atoms with E-state index in [1.54, 1.807) is 12.1 Å². The second-order valence-electron chi connectivity index (χ2n) is 5.10. The number of carbonyl (C=O) groups is 1. The summed E-state index contributed by atoms with van der Waals surface area (Å²) < 4.78 is 11.1. The zero-order valence-electron chi connectivity index (χ0n) is 13.1. The monoisotopic (exact) mass is 364 g/mol. The Labute approximate surface area is 149 Å². The minimum absolute atomic E-state index is 0.304. The van der Waals surface area contributed by atoms with Gasteiger partial charge in [0, 0.05) is 22.5 Å². The van der Waals surface area contributed by atoms with E-state index in [0.717, 1.165) is 10.5 Å². The van der Waals surface area contributed by atoms with Crippen molar-refractivity contribution in [2.45, 2.75) is 11.4 Å². The molecule has 0 spiro atoms. The van der Waals surface area contributed by atoms with Crippen molar-refractivity contribution in [3.63, 3.8) is 0 Å². The van der Waals surface area contributed by atoms with Gasteiger partial charge in [0.1, 0.15) is 13.2 Å². The van der Waals surface area contributed by atoms with Gasteiger partial charge in [0.05, 0.1) is 5.69 Å². The fourth-order valence-corrected chi connectivity index (χ4v) is 3.08. The summed E-state index contributed by atoms with van der Waals surface area (Å²) in [6.07, 6.45) is 1.94. The Balaban J connectivity index is 1.68. The van der Waals surface area contributed by atoms with Crippen molar-refractivity contribution in [1.82, 2.24) is 5.32 Å². The van der Waals surface area contributed by atoms with Gasteiger partial charge < -0.3 is 20.1 Å². The number of carbonyl (C=O) groups excluding carboxylic acids is 1. The highest BCUT2D eigenvalue weighted by molar-refractivity contribution is 7.98. The van der Waals surface area contributed by atoms with Gasteiger partial charge in [-0.1, -0.05) is 29.8 Å². The molecule has 2 N–H and O–H groups in total. The van der Waals surface area contributed by atoms with Gasteiger partial charge in [-0.2, -0.15) is 0 Å². The fraction of sp³-hybridized carbons (Fsp3) is 0.235. The molecular formula is C17H17ClN2O3S. The maximum absolute atomic E-state index is 12.2. The van der Waals surface area contributed by atoms with Crippen molar-refractivity contribution in [3.8, 4) is 11.5 Å². The molecule has 0 saturated carbocycles. The van der Waals surface area contributed by atoms with Crippen LogP contribution in [-0.2, 0) is 6.54 Å². The van der Waals surface area contributed by atoms with Crippen LogP contribution in [0.3, 0.4) is 0 Å². The number of ether oxygens (including phenoxy) is 2. The van der Waals surface area contributed by atoms with Crippen LogP contribution in [0.5, 0.6) is 11.5 Å². The van der Waals surface area contributed by atoms with Crippen LogP contribution in [0.1, 0.15) is 5.56 Å². The lowest BCUT2D eigenvalue weighted by Crippen LogP contribution is -2.28. The lowest BCUT2D eigenvalue weighted by atomic mass is 10.2. The van der Waals surface area contributed by atoms with Crippen molar-refractivity contribution >= 4 is 35.1 Å². The highest BCUT2D eigenvalue weighted by atomic mass is 35.5. The number of benzene rings is 2. The molecule has 126 valence electrons. The van der Waals surface area contributed by atoms with E-state index in [1.807, 2.05) is 30.5 Å². The Morgan fingerprint density at radius 3 is 2.62 bits per heavy atom. The number of hydrogen-bond acceptors (Lipinski definition) is 4. The topological polar surface area (TPSA) is 59.6 Å². The Morgan fingerprint density at radius 1 is 1.21 bits per heavy atom. The molecule has 0 bridgehead atoms. The van der Waals surface area contributed by atoms with Gasteiger partial charge in [0.15, 0.2) is 11.5 Å². The zero-order valence-corrected chi connectivity index (χ0v) is 14.7. The largest absolute Gasteiger partial charge is 0.486 e. The summed E-state index contributed by atoms with van der Waals surface area (Å²) in [5, 5.41) is 6.28. The molecule has 24 heavy (non-hydrogen) atoms. The summed E-state index contributed by atoms with van der Waals surface area (Å²) in [6.45, 7) is 1.39. The van der Waals surface area contributed by atoms with Crippen molar-refractivity contribution in [2.75, 3.05) is 24.8 Å². The molecule has 1 aliphatic heterocycles. The van der Waals surface area contributed by atoms with Gasteiger partial charge >= 0.3 is 6.03 Å². The Hall–Kier alpha value is -2.05. The van der Waals surface area contributed by atoms with E-state index in [9.17, 15) is 4.79 Å². The predicted octanol–water partition coefficient (Wildman–Crippen LogP) is 4.15. The molecule has 2 amide bonds. The van der Waals surface area contributed by atoms with Crippen LogP contribution < -0.4 is 20.1 Å². The predicted molar refractivity (Wildman–Crippen MR) is 96.5 cm³/mol. The number of halogens is 1. The summed E-state index contributed by atoms with van der Waals surface area (Å²) in [6, 6.07) is 10.8. The third-order valence-corrected chi connectivity index (χ3v) is 4.66. The number of thioether (sulfide) groups is 1. The van der Waals surface area contributed by atoms with Gasteiger partial charge in [0.25, 0.3) is 0 Å². The second kappa shape index (κ2) is 7.68. The standard InChI is InChI=1S/C17H17ClN2O3S/c1-24-16-9-15-14(22-6-7-23-15)8-13(16)20-17(21)19-10-11-4-2-3-5-12(11)18/h2-5,8-9H,6-7,10H2,1H3,(H2,19,20,21). The third kappa shape index (κ3) is 3.88. The number of fused-ring (bicyclic) bond motifs is 1. The molecule has 7 heteroatoms. The summed E-state index contributed by atoms with van der Waals surface area (Å²) in [7, 11) is 0. The molecular weight excluding hydrogens is 348 g/mol. The molecule has 2 aromatic rings. The molecule has 0 aromatic heterocycles. The van der Waals surface area contributed by atoms with Crippen LogP contribution >= 0.6 is 23.4 Å². The average Bonchev–Trinajstić information content (AvgIpc) is 2.60. The van der Waals surface area contributed by atoms with Crippen molar-refractivity contribution < 1.29 is 14.3 Å².